The number of amides is 1. The van der Waals surface area contributed by atoms with E-state index in [9.17, 15) is 4.79 Å². The molecule has 0 saturated carbocycles. The second-order valence-electron chi connectivity index (χ2n) is 5.62. The van der Waals surface area contributed by atoms with Crippen LogP contribution in [0.3, 0.4) is 0 Å². The van der Waals surface area contributed by atoms with Gasteiger partial charge in [-0.25, -0.2) is 0 Å². The number of hydrogen-bond donors (Lipinski definition) is 1. The van der Waals surface area contributed by atoms with Gasteiger partial charge in [-0.15, -0.1) is 0 Å². The van der Waals surface area contributed by atoms with Crippen LogP contribution in [-0.4, -0.2) is 12.5 Å². The van der Waals surface area contributed by atoms with Crippen LogP contribution in [0.2, 0.25) is 5.02 Å². The molecule has 0 radical (unpaired) electrons. The first-order valence-corrected chi connectivity index (χ1v) is 8.58. The first kappa shape index (κ1) is 17.8. The van der Waals surface area contributed by atoms with E-state index in [1.165, 1.54) is 0 Å². The van der Waals surface area contributed by atoms with Crippen molar-refractivity contribution >= 4 is 33.4 Å². The van der Waals surface area contributed by atoms with E-state index < -0.39 is 0 Å². The van der Waals surface area contributed by atoms with Gasteiger partial charge in [0.05, 0.1) is 11.1 Å². The fourth-order valence-electron chi connectivity index (χ4n) is 1.93. The van der Waals surface area contributed by atoms with Crippen molar-refractivity contribution in [2.24, 2.45) is 5.92 Å². The number of nitrogens with one attached hydrogen (secondary N) is 1. The molecule has 0 unspecified atom stereocenters. The van der Waals surface area contributed by atoms with Crippen molar-refractivity contribution in [3.8, 4) is 5.75 Å². The second kappa shape index (κ2) is 8.37. The van der Waals surface area contributed by atoms with Crippen molar-refractivity contribution in [3.05, 3.63) is 63.1 Å². The lowest BCUT2D eigenvalue weighted by atomic mass is 10.2. The van der Waals surface area contributed by atoms with Gasteiger partial charge in [0, 0.05) is 17.1 Å². The van der Waals surface area contributed by atoms with Crippen molar-refractivity contribution in [2.75, 3.05) is 6.61 Å². The molecule has 0 atom stereocenters. The SMILES string of the molecule is CC(C)COc1ccc(C(=O)NCc2ccccc2Cl)cc1Br. The van der Waals surface area contributed by atoms with Crippen LogP contribution in [0.4, 0.5) is 0 Å². The smallest absolute Gasteiger partial charge is 0.251 e. The average Bonchev–Trinajstić information content (AvgIpc) is 2.52. The molecule has 0 spiro atoms. The molecule has 23 heavy (non-hydrogen) atoms. The number of halogens is 2. The summed E-state index contributed by atoms with van der Waals surface area (Å²) in [5, 5.41) is 3.51. The summed E-state index contributed by atoms with van der Waals surface area (Å²) < 4.78 is 6.45. The Morgan fingerprint density at radius 2 is 2.00 bits per heavy atom. The number of ether oxygens (including phenoxy) is 1. The van der Waals surface area contributed by atoms with Gasteiger partial charge < -0.3 is 10.1 Å². The Morgan fingerprint density at radius 1 is 1.26 bits per heavy atom. The highest BCUT2D eigenvalue weighted by Crippen LogP contribution is 2.26. The molecule has 0 heterocycles. The minimum absolute atomic E-state index is 0.152. The Kier molecular flexibility index (Phi) is 6.48. The van der Waals surface area contributed by atoms with Crippen LogP contribution in [0.1, 0.15) is 29.8 Å². The molecule has 0 bridgehead atoms. The molecule has 0 aliphatic heterocycles. The van der Waals surface area contributed by atoms with Crippen LogP contribution in [0.5, 0.6) is 5.75 Å². The maximum absolute atomic E-state index is 12.2. The Morgan fingerprint density at radius 3 is 2.65 bits per heavy atom. The van der Waals surface area contributed by atoms with Crippen LogP contribution < -0.4 is 10.1 Å². The molecule has 0 saturated heterocycles. The summed E-state index contributed by atoms with van der Waals surface area (Å²) in [7, 11) is 0. The summed E-state index contributed by atoms with van der Waals surface area (Å²) in [5.41, 5.74) is 1.46. The summed E-state index contributed by atoms with van der Waals surface area (Å²) in [5.74, 6) is 1.03. The van der Waals surface area contributed by atoms with E-state index in [0.29, 0.717) is 29.7 Å². The van der Waals surface area contributed by atoms with Crippen LogP contribution in [-0.2, 0) is 6.54 Å². The zero-order valence-corrected chi connectivity index (χ0v) is 15.4. The van der Waals surface area contributed by atoms with Crippen LogP contribution >= 0.6 is 27.5 Å². The van der Waals surface area contributed by atoms with Crippen molar-refractivity contribution < 1.29 is 9.53 Å². The Bertz CT molecular complexity index is 688. The number of benzene rings is 2. The predicted octanol–water partition coefficient (Wildman–Crippen LogP) is 5.07. The predicted molar refractivity (Wildman–Crippen MR) is 97.1 cm³/mol. The van der Waals surface area contributed by atoms with E-state index in [1.54, 1.807) is 24.3 Å². The van der Waals surface area contributed by atoms with Gasteiger partial charge in [0.15, 0.2) is 0 Å². The van der Waals surface area contributed by atoms with Crippen molar-refractivity contribution in [3.63, 3.8) is 0 Å². The zero-order valence-electron chi connectivity index (χ0n) is 13.1. The van der Waals surface area contributed by atoms with Gasteiger partial charge in [-0.3, -0.25) is 4.79 Å². The molecule has 0 aliphatic carbocycles. The van der Waals surface area contributed by atoms with Gasteiger partial charge in [0.2, 0.25) is 0 Å². The van der Waals surface area contributed by atoms with Gasteiger partial charge in [0.1, 0.15) is 5.75 Å². The molecule has 5 heteroatoms. The summed E-state index contributed by atoms with van der Waals surface area (Å²) in [6, 6.07) is 12.8. The molecule has 1 amide bonds. The third-order valence-electron chi connectivity index (χ3n) is 3.16. The fraction of sp³-hybridized carbons (Fsp3) is 0.278. The first-order valence-electron chi connectivity index (χ1n) is 7.41. The Balaban J connectivity index is 2.00. The molecule has 3 nitrogen and oxygen atoms in total. The average molecular weight is 397 g/mol. The minimum Gasteiger partial charge on any atom is -0.492 e. The molecule has 2 rings (SSSR count). The van der Waals surface area contributed by atoms with E-state index in [2.05, 4.69) is 35.1 Å². The summed E-state index contributed by atoms with van der Waals surface area (Å²) in [4.78, 5) is 12.2. The molecule has 2 aromatic carbocycles. The molecule has 0 fully saturated rings. The van der Waals surface area contributed by atoms with Crippen LogP contribution in [0.15, 0.2) is 46.9 Å². The van der Waals surface area contributed by atoms with Crippen LogP contribution in [0, 0.1) is 5.92 Å². The minimum atomic E-state index is -0.152. The van der Waals surface area contributed by atoms with Gasteiger partial charge in [-0.1, -0.05) is 43.6 Å². The third kappa shape index (κ3) is 5.26. The Hall–Kier alpha value is -1.52. The maximum Gasteiger partial charge on any atom is 0.251 e. The zero-order chi connectivity index (χ0) is 16.8. The Labute approximate surface area is 150 Å². The third-order valence-corrected chi connectivity index (χ3v) is 4.15. The van der Waals surface area contributed by atoms with Gasteiger partial charge in [0.25, 0.3) is 5.91 Å². The number of carbonyl (C=O) groups is 1. The van der Waals surface area contributed by atoms with Crippen molar-refractivity contribution in [2.45, 2.75) is 20.4 Å². The van der Waals surface area contributed by atoms with E-state index in [-0.39, 0.29) is 5.91 Å². The number of hydrogen-bond acceptors (Lipinski definition) is 2. The highest BCUT2D eigenvalue weighted by Gasteiger charge is 2.10. The lowest BCUT2D eigenvalue weighted by Gasteiger charge is -2.12. The first-order chi connectivity index (χ1) is 11.0. The van der Waals surface area contributed by atoms with Crippen molar-refractivity contribution in [1.82, 2.24) is 5.32 Å². The topological polar surface area (TPSA) is 38.3 Å². The monoisotopic (exact) mass is 395 g/mol. The van der Waals surface area contributed by atoms with Gasteiger partial charge in [-0.05, 0) is 51.7 Å². The summed E-state index contributed by atoms with van der Waals surface area (Å²) in [6.07, 6.45) is 0. The number of carbonyl (C=O) groups excluding carboxylic acids is 1. The molecule has 122 valence electrons. The molecule has 0 aromatic heterocycles. The fourth-order valence-corrected chi connectivity index (χ4v) is 2.63. The van der Waals surface area contributed by atoms with Crippen molar-refractivity contribution in [1.29, 1.82) is 0 Å². The molecule has 2 aromatic rings. The quantitative estimate of drug-likeness (QED) is 0.740. The van der Waals surface area contributed by atoms with Gasteiger partial charge in [-0.2, -0.15) is 0 Å². The van der Waals surface area contributed by atoms with Gasteiger partial charge >= 0.3 is 0 Å². The van der Waals surface area contributed by atoms with E-state index in [0.717, 1.165) is 15.8 Å². The lowest BCUT2D eigenvalue weighted by Crippen LogP contribution is -2.23. The second-order valence-corrected chi connectivity index (χ2v) is 6.89. The standard InChI is InChI=1S/C18H19BrClNO2/c1-12(2)11-23-17-8-7-13(9-15(17)19)18(22)21-10-14-5-3-4-6-16(14)20/h3-9,12H,10-11H2,1-2H3,(H,21,22). The highest BCUT2D eigenvalue weighted by atomic mass is 79.9. The molecular weight excluding hydrogens is 378 g/mol. The molecular formula is C18H19BrClNO2. The molecule has 0 aliphatic rings. The number of rotatable bonds is 6. The van der Waals surface area contributed by atoms with Crippen LogP contribution in [0.25, 0.3) is 0 Å². The lowest BCUT2D eigenvalue weighted by molar-refractivity contribution is 0.0951. The summed E-state index contributed by atoms with van der Waals surface area (Å²) in [6.45, 7) is 5.20. The van der Waals surface area contributed by atoms with E-state index in [4.69, 9.17) is 16.3 Å². The highest BCUT2D eigenvalue weighted by molar-refractivity contribution is 9.10. The normalized spacial score (nSPS) is 10.7. The van der Waals surface area contributed by atoms with E-state index >= 15 is 0 Å². The summed E-state index contributed by atoms with van der Waals surface area (Å²) >= 11 is 9.53. The largest absolute Gasteiger partial charge is 0.492 e. The van der Waals surface area contributed by atoms with E-state index in [1.807, 2.05) is 18.2 Å². The molecule has 1 N–H and O–H groups in total. The maximum atomic E-state index is 12.2.